The summed E-state index contributed by atoms with van der Waals surface area (Å²) in [7, 11) is 0. The Morgan fingerprint density at radius 2 is 2.08 bits per heavy atom. The lowest BCUT2D eigenvalue weighted by atomic mass is 10.1. The molecule has 2 heterocycles. The normalized spacial score (nSPS) is 15.4. The molecule has 1 aliphatic heterocycles. The largest absolute Gasteiger partial charge is 0.381 e. The van der Waals surface area contributed by atoms with Crippen molar-refractivity contribution >= 4 is 17.7 Å². The highest BCUT2D eigenvalue weighted by atomic mass is 32.2. The molecule has 1 amide bonds. The Balaban J connectivity index is 1.46. The maximum atomic E-state index is 12.9. The molecule has 1 aromatic carbocycles. The lowest BCUT2D eigenvalue weighted by molar-refractivity contribution is 0.0950. The summed E-state index contributed by atoms with van der Waals surface area (Å²) in [5, 5.41) is 10.4. The maximum absolute atomic E-state index is 12.9. The second-order valence-corrected chi connectivity index (χ2v) is 7.02. The number of halogens is 1. The number of ether oxygens (including phenoxy) is 1. The summed E-state index contributed by atoms with van der Waals surface area (Å²) in [6, 6.07) is 7.69. The van der Waals surface area contributed by atoms with Gasteiger partial charge >= 0.3 is 0 Å². The molecule has 2 aromatic rings. The Morgan fingerprint density at radius 1 is 1.33 bits per heavy atom. The molecule has 5 nitrogen and oxygen atoms in total. The summed E-state index contributed by atoms with van der Waals surface area (Å²) in [6.07, 6.45) is 2.17. The van der Waals surface area contributed by atoms with Crippen molar-refractivity contribution in [3.63, 3.8) is 0 Å². The first-order valence-corrected chi connectivity index (χ1v) is 9.06. The number of carbonyl (C=O) groups is 1. The highest BCUT2D eigenvalue weighted by Gasteiger charge is 2.14. The average molecular weight is 349 g/mol. The van der Waals surface area contributed by atoms with Crippen molar-refractivity contribution in [1.82, 2.24) is 15.5 Å². The zero-order chi connectivity index (χ0) is 16.8. The third-order valence-electron chi connectivity index (χ3n) is 3.87. The van der Waals surface area contributed by atoms with Crippen molar-refractivity contribution in [2.24, 2.45) is 0 Å². The summed E-state index contributed by atoms with van der Waals surface area (Å²) in [5.41, 5.74) is 1.80. The second kappa shape index (κ2) is 8.30. The number of hydrogen-bond acceptors (Lipinski definition) is 4. The SMILES string of the molecule is O=C(NCCSC1CCOCC1)c1cc(-c2ccc(F)cc2)n[nH]1. The van der Waals surface area contributed by atoms with E-state index in [1.807, 2.05) is 11.8 Å². The van der Waals surface area contributed by atoms with E-state index in [0.29, 0.717) is 23.2 Å². The first-order chi connectivity index (χ1) is 11.7. The number of nitrogens with one attached hydrogen (secondary N) is 2. The van der Waals surface area contributed by atoms with Crippen molar-refractivity contribution in [2.45, 2.75) is 18.1 Å². The van der Waals surface area contributed by atoms with Gasteiger partial charge in [0.2, 0.25) is 0 Å². The Bertz CT molecular complexity index is 669. The summed E-state index contributed by atoms with van der Waals surface area (Å²) >= 11 is 1.88. The zero-order valence-corrected chi connectivity index (χ0v) is 14.1. The molecular formula is C17H20FN3O2S. The van der Waals surface area contributed by atoms with Gasteiger partial charge in [-0.1, -0.05) is 0 Å². The number of nitrogens with zero attached hydrogens (tertiary/aromatic N) is 1. The lowest BCUT2D eigenvalue weighted by Crippen LogP contribution is -2.27. The molecule has 0 aliphatic carbocycles. The number of carbonyl (C=O) groups excluding carboxylic acids is 1. The summed E-state index contributed by atoms with van der Waals surface area (Å²) in [4.78, 5) is 12.1. The number of thioether (sulfide) groups is 1. The topological polar surface area (TPSA) is 67.0 Å². The van der Waals surface area contributed by atoms with Crippen LogP contribution in [0.4, 0.5) is 4.39 Å². The van der Waals surface area contributed by atoms with E-state index in [1.165, 1.54) is 12.1 Å². The number of H-pyrrole nitrogens is 1. The van der Waals surface area contributed by atoms with Crippen LogP contribution in [0.2, 0.25) is 0 Å². The molecule has 1 fully saturated rings. The van der Waals surface area contributed by atoms with Crippen LogP contribution in [0.15, 0.2) is 30.3 Å². The summed E-state index contributed by atoms with van der Waals surface area (Å²) in [6.45, 7) is 2.29. The van der Waals surface area contributed by atoms with E-state index in [9.17, 15) is 9.18 Å². The molecule has 0 bridgehead atoms. The molecule has 3 rings (SSSR count). The quantitative estimate of drug-likeness (QED) is 0.787. The van der Waals surface area contributed by atoms with Crippen LogP contribution in [-0.4, -0.2) is 46.9 Å². The molecule has 0 radical (unpaired) electrons. The number of hydrogen-bond donors (Lipinski definition) is 2. The van der Waals surface area contributed by atoms with Crippen LogP contribution in [0.25, 0.3) is 11.3 Å². The highest BCUT2D eigenvalue weighted by molar-refractivity contribution is 7.99. The van der Waals surface area contributed by atoms with E-state index in [1.54, 1.807) is 18.2 Å². The van der Waals surface area contributed by atoms with Crippen molar-refractivity contribution < 1.29 is 13.9 Å². The van der Waals surface area contributed by atoms with Crippen LogP contribution in [-0.2, 0) is 4.74 Å². The molecule has 2 N–H and O–H groups in total. The summed E-state index contributed by atoms with van der Waals surface area (Å²) < 4.78 is 18.3. The number of amides is 1. The molecule has 0 atom stereocenters. The van der Waals surface area contributed by atoms with E-state index >= 15 is 0 Å². The van der Waals surface area contributed by atoms with Gasteiger partial charge in [-0.15, -0.1) is 0 Å². The molecule has 24 heavy (non-hydrogen) atoms. The van der Waals surface area contributed by atoms with Crippen LogP contribution in [0, 0.1) is 5.82 Å². The number of aromatic amines is 1. The minimum absolute atomic E-state index is 0.177. The predicted molar refractivity (Wildman–Crippen MR) is 92.6 cm³/mol. The van der Waals surface area contributed by atoms with Crippen LogP contribution in [0.1, 0.15) is 23.3 Å². The lowest BCUT2D eigenvalue weighted by Gasteiger charge is -2.21. The summed E-state index contributed by atoms with van der Waals surface area (Å²) in [5.74, 6) is 0.410. The van der Waals surface area contributed by atoms with Crippen LogP contribution in [0.5, 0.6) is 0 Å². The highest BCUT2D eigenvalue weighted by Crippen LogP contribution is 2.21. The van der Waals surface area contributed by atoms with Gasteiger partial charge in [0.25, 0.3) is 5.91 Å². The van der Waals surface area contributed by atoms with Gasteiger partial charge in [-0.3, -0.25) is 9.89 Å². The molecule has 0 spiro atoms. The smallest absolute Gasteiger partial charge is 0.269 e. The Labute approximate surface area is 144 Å². The van der Waals surface area contributed by atoms with Crippen molar-refractivity contribution in [2.75, 3.05) is 25.5 Å². The zero-order valence-electron chi connectivity index (χ0n) is 13.3. The van der Waals surface area contributed by atoms with Crippen LogP contribution < -0.4 is 5.32 Å². The van der Waals surface area contributed by atoms with E-state index < -0.39 is 0 Å². The Morgan fingerprint density at radius 3 is 2.83 bits per heavy atom. The Kier molecular flexibility index (Phi) is 5.87. The average Bonchev–Trinajstić information content (AvgIpc) is 3.10. The molecule has 1 saturated heterocycles. The van der Waals surface area contributed by atoms with E-state index in [-0.39, 0.29) is 11.7 Å². The van der Waals surface area contributed by atoms with E-state index in [0.717, 1.165) is 37.4 Å². The van der Waals surface area contributed by atoms with Gasteiger partial charge in [0.1, 0.15) is 11.5 Å². The molecule has 1 aliphatic rings. The van der Waals surface area contributed by atoms with Crippen molar-refractivity contribution in [3.8, 4) is 11.3 Å². The molecule has 7 heteroatoms. The van der Waals surface area contributed by atoms with Gasteiger partial charge in [0, 0.05) is 36.3 Å². The fraction of sp³-hybridized carbons (Fsp3) is 0.412. The van der Waals surface area contributed by atoms with Gasteiger partial charge in [-0.2, -0.15) is 16.9 Å². The van der Waals surface area contributed by atoms with Gasteiger partial charge in [-0.25, -0.2) is 4.39 Å². The van der Waals surface area contributed by atoms with Crippen molar-refractivity contribution in [1.29, 1.82) is 0 Å². The standard InChI is InChI=1S/C17H20FN3O2S/c18-13-3-1-12(2-4-13)15-11-16(21-20-15)17(22)19-7-10-24-14-5-8-23-9-6-14/h1-4,11,14H,5-10H2,(H,19,22)(H,20,21). The predicted octanol–water partition coefficient (Wildman–Crippen LogP) is 2.86. The maximum Gasteiger partial charge on any atom is 0.269 e. The van der Waals surface area contributed by atoms with Crippen LogP contribution in [0.3, 0.4) is 0 Å². The van der Waals surface area contributed by atoms with Gasteiger partial charge in [0.15, 0.2) is 0 Å². The van der Waals surface area contributed by atoms with Crippen molar-refractivity contribution in [3.05, 3.63) is 41.8 Å². The van der Waals surface area contributed by atoms with Crippen LogP contribution >= 0.6 is 11.8 Å². The minimum atomic E-state index is -0.297. The molecule has 128 valence electrons. The first kappa shape index (κ1) is 17.0. The second-order valence-electron chi connectivity index (χ2n) is 5.61. The molecule has 0 unspecified atom stereocenters. The van der Waals surface area contributed by atoms with Gasteiger partial charge in [-0.05, 0) is 43.2 Å². The number of rotatable bonds is 6. The fourth-order valence-electron chi connectivity index (χ4n) is 2.53. The Hall–Kier alpha value is -1.86. The van der Waals surface area contributed by atoms with Gasteiger partial charge in [0.05, 0.1) is 5.69 Å². The van der Waals surface area contributed by atoms with E-state index in [2.05, 4.69) is 15.5 Å². The fourth-order valence-corrected chi connectivity index (χ4v) is 3.61. The number of aromatic nitrogens is 2. The van der Waals surface area contributed by atoms with Gasteiger partial charge < -0.3 is 10.1 Å². The minimum Gasteiger partial charge on any atom is -0.381 e. The monoisotopic (exact) mass is 349 g/mol. The number of benzene rings is 1. The third kappa shape index (κ3) is 4.58. The molecular weight excluding hydrogens is 329 g/mol. The third-order valence-corrected chi connectivity index (χ3v) is 5.25. The molecule has 0 saturated carbocycles. The van der Waals surface area contributed by atoms with E-state index in [4.69, 9.17) is 4.74 Å². The first-order valence-electron chi connectivity index (χ1n) is 8.01. The molecule has 1 aromatic heterocycles.